The Kier molecular flexibility index (Phi) is 3.57. The van der Waals surface area contributed by atoms with Crippen LogP contribution in [0.2, 0.25) is 0 Å². The molecule has 90 valence electrons. The van der Waals surface area contributed by atoms with Gasteiger partial charge < -0.3 is 9.90 Å². The molecule has 3 heteroatoms. The molecule has 1 aliphatic carbocycles. The highest BCUT2D eigenvalue weighted by Gasteiger charge is 2.30. The maximum absolute atomic E-state index is 11.5. The van der Waals surface area contributed by atoms with Crippen LogP contribution in [-0.4, -0.2) is 11.8 Å². The van der Waals surface area contributed by atoms with Crippen LogP contribution in [0.25, 0.3) is 0 Å². The van der Waals surface area contributed by atoms with Crippen LogP contribution in [0.3, 0.4) is 0 Å². The summed E-state index contributed by atoms with van der Waals surface area (Å²) in [7, 11) is 0. The number of aliphatic carboxylic acids is 1. The van der Waals surface area contributed by atoms with Gasteiger partial charge in [0, 0.05) is 18.8 Å². The molecule has 2 rings (SSSR count). The van der Waals surface area contributed by atoms with Crippen LogP contribution in [-0.2, 0) is 9.59 Å². The third kappa shape index (κ3) is 2.93. The topological polar surface area (TPSA) is 57.2 Å². The van der Waals surface area contributed by atoms with Crippen molar-refractivity contribution >= 4 is 11.8 Å². The third-order valence-electron chi connectivity index (χ3n) is 3.47. The zero-order valence-corrected chi connectivity index (χ0v) is 9.59. The molecule has 1 aromatic rings. The van der Waals surface area contributed by atoms with Gasteiger partial charge >= 0.3 is 0 Å². The van der Waals surface area contributed by atoms with Gasteiger partial charge in [-0.05, 0) is 30.2 Å². The lowest BCUT2D eigenvalue weighted by molar-refractivity contribution is -0.307. The zero-order valence-electron chi connectivity index (χ0n) is 9.59. The molecule has 1 aliphatic rings. The fourth-order valence-electron chi connectivity index (χ4n) is 2.61. The molecular formula is C14H15O3-. The number of carbonyl (C=O) groups is 2. The van der Waals surface area contributed by atoms with Crippen molar-refractivity contribution in [3.05, 3.63) is 35.9 Å². The lowest BCUT2D eigenvalue weighted by Crippen LogP contribution is -2.31. The van der Waals surface area contributed by atoms with Gasteiger partial charge in [0.15, 0.2) is 0 Å². The summed E-state index contributed by atoms with van der Waals surface area (Å²) in [6.45, 7) is 0. The normalized spacial score (nSPS) is 24.6. The summed E-state index contributed by atoms with van der Waals surface area (Å²) in [5.74, 6) is -0.728. The van der Waals surface area contributed by atoms with Crippen LogP contribution < -0.4 is 5.11 Å². The van der Waals surface area contributed by atoms with Crippen molar-refractivity contribution in [3.63, 3.8) is 0 Å². The molecule has 2 unspecified atom stereocenters. The van der Waals surface area contributed by atoms with Gasteiger partial charge in [-0.15, -0.1) is 0 Å². The Morgan fingerprint density at radius 3 is 2.65 bits per heavy atom. The summed E-state index contributed by atoms with van der Waals surface area (Å²) >= 11 is 0. The molecule has 0 amide bonds. The van der Waals surface area contributed by atoms with Crippen LogP contribution in [0.4, 0.5) is 0 Å². The minimum atomic E-state index is -1.02. The number of Topliss-reactive ketones (excluding diaryl/α,β-unsaturated/α-hetero) is 1. The molecule has 0 aromatic heterocycles. The number of ketones is 1. The number of carbonyl (C=O) groups excluding carboxylic acids is 2. The summed E-state index contributed by atoms with van der Waals surface area (Å²) in [6.07, 6.45) is 1.67. The molecule has 1 fully saturated rings. The molecule has 0 heterocycles. The first-order chi connectivity index (χ1) is 8.16. The lowest BCUT2D eigenvalue weighted by Gasteiger charge is -2.31. The van der Waals surface area contributed by atoms with E-state index in [1.165, 1.54) is 0 Å². The molecule has 0 radical (unpaired) electrons. The first kappa shape index (κ1) is 11.8. The number of hydrogen-bond donors (Lipinski definition) is 0. The number of carboxylic acids is 1. The van der Waals surface area contributed by atoms with Gasteiger partial charge in [0.1, 0.15) is 5.78 Å². The quantitative estimate of drug-likeness (QED) is 0.787. The van der Waals surface area contributed by atoms with E-state index in [1.807, 2.05) is 30.3 Å². The third-order valence-corrected chi connectivity index (χ3v) is 3.47. The van der Waals surface area contributed by atoms with E-state index < -0.39 is 5.97 Å². The summed E-state index contributed by atoms with van der Waals surface area (Å²) in [5, 5.41) is 10.7. The number of carboxylic acid groups (broad SMARTS) is 1. The monoisotopic (exact) mass is 231 g/mol. The highest BCUT2D eigenvalue weighted by atomic mass is 16.4. The Hall–Kier alpha value is -1.64. The summed E-state index contributed by atoms with van der Waals surface area (Å²) in [5.41, 5.74) is 1.06. The van der Waals surface area contributed by atoms with Crippen LogP contribution in [0.1, 0.15) is 37.2 Å². The van der Waals surface area contributed by atoms with Gasteiger partial charge in [-0.25, -0.2) is 0 Å². The van der Waals surface area contributed by atoms with E-state index in [0.29, 0.717) is 19.3 Å². The second kappa shape index (κ2) is 5.13. The predicted octanol–water partition coefficient (Wildman–Crippen LogP) is 1.28. The number of rotatable bonds is 3. The largest absolute Gasteiger partial charge is 0.550 e. The highest BCUT2D eigenvalue weighted by Crippen LogP contribution is 2.37. The van der Waals surface area contributed by atoms with E-state index >= 15 is 0 Å². The summed E-state index contributed by atoms with van der Waals surface area (Å²) in [4.78, 5) is 22.2. The molecule has 0 spiro atoms. The fourth-order valence-corrected chi connectivity index (χ4v) is 2.61. The number of benzene rings is 1. The van der Waals surface area contributed by atoms with Crippen LogP contribution >= 0.6 is 0 Å². The molecule has 1 saturated carbocycles. The molecule has 0 N–H and O–H groups in total. The van der Waals surface area contributed by atoms with Gasteiger partial charge in [0.2, 0.25) is 0 Å². The van der Waals surface area contributed by atoms with Gasteiger partial charge in [0.05, 0.1) is 0 Å². The van der Waals surface area contributed by atoms with Gasteiger partial charge in [-0.1, -0.05) is 30.3 Å². The van der Waals surface area contributed by atoms with E-state index in [-0.39, 0.29) is 24.0 Å². The van der Waals surface area contributed by atoms with Gasteiger partial charge in [-0.2, -0.15) is 0 Å². The van der Waals surface area contributed by atoms with E-state index in [0.717, 1.165) is 5.56 Å². The summed E-state index contributed by atoms with van der Waals surface area (Å²) in [6, 6.07) is 9.69. The van der Waals surface area contributed by atoms with Crippen LogP contribution in [0, 0.1) is 5.92 Å². The van der Waals surface area contributed by atoms with Crippen molar-refractivity contribution in [1.82, 2.24) is 0 Å². The molecule has 1 aromatic carbocycles. The Balaban J connectivity index is 2.19. The van der Waals surface area contributed by atoms with E-state index in [9.17, 15) is 14.7 Å². The van der Waals surface area contributed by atoms with E-state index in [1.54, 1.807) is 0 Å². The number of hydrogen-bond acceptors (Lipinski definition) is 3. The molecule has 0 saturated heterocycles. The average molecular weight is 231 g/mol. The summed E-state index contributed by atoms with van der Waals surface area (Å²) < 4.78 is 0. The molecule has 17 heavy (non-hydrogen) atoms. The first-order valence-electron chi connectivity index (χ1n) is 5.93. The van der Waals surface area contributed by atoms with Crippen molar-refractivity contribution in [2.45, 2.75) is 31.6 Å². The van der Waals surface area contributed by atoms with Crippen molar-refractivity contribution in [2.24, 2.45) is 5.92 Å². The van der Waals surface area contributed by atoms with Gasteiger partial charge in [0.25, 0.3) is 0 Å². The highest BCUT2D eigenvalue weighted by molar-refractivity contribution is 5.80. The standard InChI is InChI=1S/C14H16O3/c15-12-7-6-11(8-14(16)17)13(9-12)10-4-2-1-3-5-10/h1-5,11,13H,6-9H2,(H,16,17)/p-1. The predicted molar refractivity (Wildman–Crippen MR) is 61.2 cm³/mol. The second-order valence-corrected chi connectivity index (χ2v) is 4.63. The molecular weight excluding hydrogens is 216 g/mol. The Morgan fingerprint density at radius 2 is 2.00 bits per heavy atom. The molecule has 3 nitrogen and oxygen atoms in total. The smallest absolute Gasteiger partial charge is 0.133 e. The molecule has 0 bridgehead atoms. The minimum Gasteiger partial charge on any atom is -0.550 e. The van der Waals surface area contributed by atoms with E-state index in [4.69, 9.17) is 0 Å². The maximum atomic E-state index is 11.5. The zero-order chi connectivity index (χ0) is 12.3. The Labute approximate surface area is 100 Å². The molecule has 0 aliphatic heterocycles. The van der Waals surface area contributed by atoms with Crippen LogP contribution in [0.15, 0.2) is 30.3 Å². The molecule has 2 atom stereocenters. The fraction of sp³-hybridized carbons (Fsp3) is 0.429. The van der Waals surface area contributed by atoms with Gasteiger partial charge in [-0.3, -0.25) is 4.79 Å². The van der Waals surface area contributed by atoms with Crippen LogP contribution in [0.5, 0.6) is 0 Å². The van der Waals surface area contributed by atoms with E-state index in [2.05, 4.69) is 0 Å². The Bertz CT molecular complexity index is 411. The Morgan fingerprint density at radius 1 is 1.29 bits per heavy atom. The SMILES string of the molecule is O=C([O-])CC1CCC(=O)CC1c1ccccc1. The second-order valence-electron chi connectivity index (χ2n) is 4.63. The van der Waals surface area contributed by atoms with Crippen molar-refractivity contribution < 1.29 is 14.7 Å². The minimum absolute atomic E-state index is 0.0279. The maximum Gasteiger partial charge on any atom is 0.133 e. The average Bonchev–Trinajstić information content (AvgIpc) is 2.32. The first-order valence-corrected chi connectivity index (χ1v) is 5.93. The van der Waals surface area contributed by atoms with Crippen molar-refractivity contribution in [1.29, 1.82) is 0 Å². The van der Waals surface area contributed by atoms with Crippen molar-refractivity contribution in [3.8, 4) is 0 Å². The van der Waals surface area contributed by atoms with Crippen molar-refractivity contribution in [2.75, 3.05) is 0 Å². The lowest BCUT2D eigenvalue weighted by atomic mass is 9.73.